The molecule has 1 heterocycles. The third-order valence-electron chi connectivity index (χ3n) is 4.32. The summed E-state index contributed by atoms with van der Waals surface area (Å²) in [4.78, 5) is 4.72. The van der Waals surface area contributed by atoms with Crippen molar-refractivity contribution >= 4 is 16.5 Å². The quantitative estimate of drug-likeness (QED) is 0.494. The monoisotopic (exact) mass is 357 g/mol. The fraction of sp³-hybridized carbons (Fsp3) is 0.0870. The van der Waals surface area contributed by atoms with Crippen LogP contribution in [0.2, 0.25) is 0 Å². The first kappa shape index (κ1) is 16.9. The molecule has 0 atom stereocenters. The molecular weight excluding hydrogens is 338 g/mol. The van der Waals surface area contributed by atoms with Crippen molar-refractivity contribution in [1.82, 2.24) is 0 Å². The number of ether oxygens (including phenoxy) is 2. The van der Waals surface area contributed by atoms with Crippen LogP contribution in [0.3, 0.4) is 0 Å². The van der Waals surface area contributed by atoms with E-state index in [1.54, 1.807) is 14.2 Å². The van der Waals surface area contributed by atoms with E-state index in [0.29, 0.717) is 17.1 Å². The molecule has 0 aliphatic rings. The summed E-state index contributed by atoms with van der Waals surface area (Å²) < 4.78 is 17.1. The zero-order valence-electron chi connectivity index (χ0n) is 15.2. The number of para-hydroxylation sites is 1. The average Bonchev–Trinajstić information content (AvgIpc) is 2.74. The summed E-state index contributed by atoms with van der Waals surface area (Å²) in [6, 6.07) is 25.6. The maximum absolute atomic E-state index is 6.19. The molecule has 0 spiro atoms. The number of fused-ring (bicyclic) bond motifs is 1. The Balaban J connectivity index is 2.04. The van der Waals surface area contributed by atoms with Gasteiger partial charge in [-0.2, -0.15) is 0 Å². The molecule has 0 saturated heterocycles. The molecule has 134 valence electrons. The van der Waals surface area contributed by atoms with E-state index in [-0.39, 0.29) is 0 Å². The van der Waals surface area contributed by atoms with Gasteiger partial charge in [0.2, 0.25) is 5.55 Å². The largest absolute Gasteiger partial charge is 0.493 e. The third kappa shape index (κ3) is 3.42. The second kappa shape index (κ2) is 7.38. The van der Waals surface area contributed by atoms with E-state index in [4.69, 9.17) is 18.9 Å². The smallest absolute Gasteiger partial charge is 0.227 e. The molecule has 4 nitrogen and oxygen atoms in total. The molecule has 0 aliphatic carbocycles. The van der Waals surface area contributed by atoms with Crippen LogP contribution in [-0.2, 0) is 0 Å². The number of hydrogen-bond donors (Lipinski definition) is 0. The van der Waals surface area contributed by atoms with E-state index >= 15 is 0 Å². The van der Waals surface area contributed by atoms with Gasteiger partial charge >= 0.3 is 0 Å². The number of hydrogen-bond acceptors (Lipinski definition) is 4. The van der Waals surface area contributed by atoms with Crippen LogP contribution in [0.4, 0.5) is 5.69 Å². The van der Waals surface area contributed by atoms with Crippen molar-refractivity contribution in [2.75, 3.05) is 14.2 Å². The van der Waals surface area contributed by atoms with Crippen LogP contribution in [0, 0.1) is 0 Å². The van der Waals surface area contributed by atoms with Crippen LogP contribution >= 0.6 is 0 Å². The van der Waals surface area contributed by atoms with Gasteiger partial charge in [-0.1, -0.05) is 48.5 Å². The Morgan fingerprint density at radius 1 is 0.741 bits per heavy atom. The lowest BCUT2D eigenvalue weighted by Crippen LogP contribution is -2.04. The molecule has 4 rings (SSSR count). The summed E-state index contributed by atoms with van der Waals surface area (Å²) in [5, 5.41) is 1.82. The lowest BCUT2D eigenvalue weighted by atomic mass is 10.1. The summed E-state index contributed by atoms with van der Waals surface area (Å²) in [6.07, 6.45) is 0. The van der Waals surface area contributed by atoms with E-state index in [0.717, 1.165) is 27.8 Å². The lowest BCUT2D eigenvalue weighted by Gasteiger charge is -2.10. The second-order valence-electron chi connectivity index (χ2n) is 6.02. The fourth-order valence-electron chi connectivity index (χ4n) is 2.98. The van der Waals surface area contributed by atoms with Gasteiger partial charge in [-0.3, -0.25) is 0 Å². The molecule has 0 bridgehead atoms. The Morgan fingerprint density at radius 2 is 1.37 bits per heavy atom. The average molecular weight is 357 g/mol. The first-order valence-corrected chi connectivity index (χ1v) is 8.63. The normalized spacial score (nSPS) is 11.6. The van der Waals surface area contributed by atoms with Crippen molar-refractivity contribution in [1.29, 1.82) is 0 Å². The van der Waals surface area contributed by atoms with Crippen LogP contribution in [-0.4, -0.2) is 14.2 Å². The van der Waals surface area contributed by atoms with Gasteiger partial charge in [-0.05, 0) is 35.7 Å². The molecule has 3 aromatic carbocycles. The van der Waals surface area contributed by atoms with Gasteiger partial charge in [0.05, 0.1) is 19.9 Å². The van der Waals surface area contributed by atoms with Gasteiger partial charge in [0.25, 0.3) is 0 Å². The predicted molar refractivity (Wildman–Crippen MR) is 106 cm³/mol. The minimum atomic E-state index is 0.526. The minimum absolute atomic E-state index is 0.526. The third-order valence-corrected chi connectivity index (χ3v) is 4.32. The van der Waals surface area contributed by atoms with Gasteiger partial charge < -0.3 is 13.9 Å². The molecule has 0 saturated carbocycles. The molecule has 0 aliphatic heterocycles. The topological polar surface area (TPSA) is 44.0 Å². The molecule has 0 amide bonds. The molecule has 0 N–H and O–H groups in total. The Morgan fingerprint density at radius 3 is 2.04 bits per heavy atom. The van der Waals surface area contributed by atoms with Gasteiger partial charge in [-0.15, -0.1) is 0 Å². The van der Waals surface area contributed by atoms with Crippen LogP contribution in [0.15, 0.2) is 88.3 Å². The van der Waals surface area contributed by atoms with Crippen molar-refractivity contribution in [2.45, 2.75) is 0 Å². The highest BCUT2D eigenvalue weighted by atomic mass is 16.5. The molecule has 4 aromatic rings. The fourth-order valence-corrected chi connectivity index (χ4v) is 2.98. The minimum Gasteiger partial charge on any atom is -0.493 e. The highest BCUT2D eigenvalue weighted by molar-refractivity contribution is 5.87. The van der Waals surface area contributed by atoms with E-state index in [9.17, 15) is 0 Å². The first-order valence-electron chi connectivity index (χ1n) is 8.63. The Hall–Kier alpha value is -3.53. The number of methoxy groups -OCH3 is 2. The second-order valence-corrected chi connectivity index (χ2v) is 6.02. The zero-order valence-corrected chi connectivity index (χ0v) is 15.2. The van der Waals surface area contributed by atoms with Gasteiger partial charge in [-0.25, -0.2) is 4.99 Å². The summed E-state index contributed by atoms with van der Waals surface area (Å²) in [6.45, 7) is 0. The van der Waals surface area contributed by atoms with Crippen LogP contribution < -0.4 is 15.0 Å². The van der Waals surface area contributed by atoms with Crippen molar-refractivity contribution < 1.29 is 13.9 Å². The Bertz CT molecular complexity index is 1130. The highest BCUT2D eigenvalue weighted by Crippen LogP contribution is 2.32. The maximum Gasteiger partial charge on any atom is 0.227 e. The van der Waals surface area contributed by atoms with E-state index in [2.05, 4.69) is 0 Å². The standard InChI is InChI=1S/C23H19NO3/c1-25-21-14-17-13-20(16-9-5-3-6-10-16)27-23(19(17)15-22(21)26-2)24-18-11-7-4-8-12-18/h3-15H,1-2H3. The summed E-state index contributed by atoms with van der Waals surface area (Å²) in [7, 11) is 3.25. The molecule has 0 fully saturated rings. The molecule has 0 radical (unpaired) electrons. The molecule has 1 aromatic heterocycles. The van der Waals surface area contributed by atoms with Gasteiger partial charge in [0.1, 0.15) is 5.76 Å². The van der Waals surface area contributed by atoms with E-state index in [1.807, 2.05) is 78.9 Å². The molecule has 27 heavy (non-hydrogen) atoms. The van der Waals surface area contributed by atoms with Crippen molar-refractivity contribution in [2.24, 2.45) is 4.99 Å². The van der Waals surface area contributed by atoms with Crippen molar-refractivity contribution in [3.8, 4) is 22.8 Å². The first-order chi connectivity index (χ1) is 13.3. The zero-order chi connectivity index (χ0) is 18.6. The molecule has 4 heteroatoms. The van der Waals surface area contributed by atoms with Gasteiger partial charge in [0.15, 0.2) is 11.5 Å². The SMILES string of the molecule is COc1cc2cc(-c3ccccc3)oc(=Nc3ccccc3)c2cc1OC. The Kier molecular flexibility index (Phi) is 4.62. The number of nitrogens with zero attached hydrogens (tertiary/aromatic N) is 1. The van der Waals surface area contributed by atoms with E-state index < -0.39 is 0 Å². The summed E-state index contributed by atoms with van der Waals surface area (Å²) >= 11 is 0. The van der Waals surface area contributed by atoms with Crippen LogP contribution in [0.5, 0.6) is 11.5 Å². The van der Waals surface area contributed by atoms with Crippen molar-refractivity contribution in [3.05, 3.63) is 84.4 Å². The van der Waals surface area contributed by atoms with Crippen LogP contribution in [0.1, 0.15) is 0 Å². The number of rotatable bonds is 4. The Labute approximate surface area is 157 Å². The van der Waals surface area contributed by atoms with E-state index in [1.165, 1.54) is 0 Å². The molecular formula is C23H19NO3. The summed E-state index contributed by atoms with van der Waals surface area (Å²) in [5.41, 5.74) is 2.33. The lowest BCUT2D eigenvalue weighted by molar-refractivity contribution is 0.355. The predicted octanol–water partition coefficient (Wildman–Crippen LogP) is 5.35. The maximum atomic E-state index is 6.19. The number of benzene rings is 3. The highest BCUT2D eigenvalue weighted by Gasteiger charge is 2.11. The van der Waals surface area contributed by atoms with Gasteiger partial charge in [0, 0.05) is 10.9 Å². The van der Waals surface area contributed by atoms with Crippen LogP contribution in [0.25, 0.3) is 22.1 Å². The summed E-state index contributed by atoms with van der Waals surface area (Å²) in [5.74, 6) is 2.04. The van der Waals surface area contributed by atoms with Crippen molar-refractivity contribution in [3.63, 3.8) is 0 Å². The molecule has 0 unspecified atom stereocenters.